The lowest BCUT2D eigenvalue weighted by Crippen LogP contribution is -2.20. The fourth-order valence-corrected chi connectivity index (χ4v) is 1.68. The van der Waals surface area contributed by atoms with Crippen molar-refractivity contribution in [2.75, 3.05) is 14.1 Å². The number of carbonyl (C=O) groups is 1. The van der Waals surface area contributed by atoms with Crippen molar-refractivity contribution in [3.05, 3.63) is 71.8 Å². The summed E-state index contributed by atoms with van der Waals surface area (Å²) in [4.78, 5) is 17.5. The highest BCUT2D eigenvalue weighted by Gasteiger charge is 2.10. The van der Waals surface area contributed by atoms with Gasteiger partial charge in [-0.2, -0.15) is 4.99 Å². The van der Waals surface area contributed by atoms with Crippen LogP contribution in [0.15, 0.2) is 65.7 Å². The third kappa shape index (κ3) is 3.28. The maximum Gasteiger partial charge on any atom is 0.343 e. The number of urea groups is 1. The number of amides is 2. The highest BCUT2D eigenvalue weighted by molar-refractivity contribution is 6.16. The molecule has 0 heterocycles. The monoisotopic (exact) mass is 252 g/mol. The van der Waals surface area contributed by atoms with Crippen molar-refractivity contribution < 1.29 is 4.79 Å². The Labute approximate surface area is 113 Å². The number of benzene rings is 2. The van der Waals surface area contributed by atoms with Crippen molar-refractivity contribution >= 4 is 11.7 Å². The number of carbonyl (C=O) groups excluding carboxylic acids is 1. The predicted molar refractivity (Wildman–Crippen MR) is 77.6 cm³/mol. The van der Waals surface area contributed by atoms with Gasteiger partial charge in [0.1, 0.15) is 0 Å². The van der Waals surface area contributed by atoms with Gasteiger partial charge in [0, 0.05) is 25.2 Å². The van der Waals surface area contributed by atoms with Gasteiger partial charge in [0.15, 0.2) is 0 Å². The largest absolute Gasteiger partial charge is 0.343 e. The molecule has 3 nitrogen and oxygen atoms in total. The summed E-state index contributed by atoms with van der Waals surface area (Å²) in [6, 6.07) is 19.2. The second-order valence-electron chi connectivity index (χ2n) is 4.37. The third-order valence-corrected chi connectivity index (χ3v) is 2.68. The molecule has 3 heteroatoms. The van der Waals surface area contributed by atoms with E-state index in [-0.39, 0.29) is 6.03 Å². The number of hydrogen-bond donors (Lipinski definition) is 0. The van der Waals surface area contributed by atoms with Gasteiger partial charge >= 0.3 is 6.03 Å². The van der Waals surface area contributed by atoms with E-state index in [1.807, 2.05) is 60.7 Å². The Morgan fingerprint density at radius 2 is 1.26 bits per heavy atom. The summed E-state index contributed by atoms with van der Waals surface area (Å²) >= 11 is 0. The summed E-state index contributed by atoms with van der Waals surface area (Å²) in [5.74, 6) is 0. The summed E-state index contributed by atoms with van der Waals surface area (Å²) in [6.07, 6.45) is 0. The molecule has 2 rings (SSSR count). The Morgan fingerprint density at radius 3 is 1.63 bits per heavy atom. The third-order valence-electron chi connectivity index (χ3n) is 2.68. The molecule has 2 amide bonds. The van der Waals surface area contributed by atoms with Gasteiger partial charge in [0.25, 0.3) is 0 Å². The lowest BCUT2D eigenvalue weighted by atomic mass is 10.0. The van der Waals surface area contributed by atoms with E-state index < -0.39 is 0 Å². The Hall–Kier alpha value is -2.42. The lowest BCUT2D eigenvalue weighted by Gasteiger charge is -2.10. The first kappa shape index (κ1) is 13.0. The molecule has 0 radical (unpaired) electrons. The molecule has 0 fully saturated rings. The molecule has 2 aromatic carbocycles. The zero-order valence-corrected chi connectivity index (χ0v) is 11.1. The van der Waals surface area contributed by atoms with Crippen LogP contribution in [-0.2, 0) is 0 Å². The van der Waals surface area contributed by atoms with E-state index in [0.717, 1.165) is 11.1 Å². The molecule has 0 saturated heterocycles. The van der Waals surface area contributed by atoms with E-state index in [1.165, 1.54) is 4.90 Å². The molecule has 0 aliphatic heterocycles. The molecule has 0 N–H and O–H groups in total. The average Bonchev–Trinajstić information content (AvgIpc) is 2.46. The minimum absolute atomic E-state index is 0.261. The zero-order chi connectivity index (χ0) is 13.7. The Bertz CT molecular complexity index is 533. The van der Waals surface area contributed by atoms with E-state index in [4.69, 9.17) is 0 Å². The van der Waals surface area contributed by atoms with Gasteiger partial charge in [-0.3, -0.25) is 0 Å². The number of aliphatic imine (C=N–C) groups is 1. The van der Waals surface area contributed by atoms with Gasteiger partial charge in [0.2, 0.25) is 0 Å². The van der Waals surface area contributed by atoms with Crippen LogP contribution in [0, 0.1) is 0 Å². The molecule has 0 spiro atoms. The second kappa shape index (κ2) is 5.96. The fraction of sp³-hybridized carbons (Fsp3) is 0.125. The fourth-order valence-electron chi connectivity index (χ4n) is 1.68. The smallest absolute Gasteiger partial charge is 0.329 e. The minimum Gasteiger partial charge on any atom is -0.329 e. The first-order chi connectivity index (χ1) is 9.18. The molecular weight excluding hydrogens is 236 g/mol. The van der Waals surface area contributed by atoms with Crippen molar-refractivity contribution in [2.45, 2.75) is 0 Å². The van der Waals surface area contributed by atoms with E-state index in [1.54, 1.807) is 14.1 Å². The molecule has 0 saturated carbocycles. The summed E-state index contributed by atoms with van der Waals surface area (Å²) in [7, 11) is 3.39. The molecular formula is C16H16N2O. The maximum absolute atomic E-state index is 11.8. The van der Waals surface area contributed by atoms with E-state index in [2.05, 4.69) is 4.99 Å². The minimum atomic E-state index is -0.261. The van der Waals surface area contributed by atoms with Crippen LogP contribution < -0.4 is 0 Å². The average molecular weight is 252 g/mol. The molecule has 2 aromatic rings. The van der Waals surface area contributed by atoms with Gasteiger partial charge in [-0.15, -0.1) is 0 Å². The van der Waals surface area contributed by atoms with Crippen molar-refractivity contribution in [3.63, 3.8) is 0 Å². The Morgan fingerprint density at radius 1 is 0.842 bits per heavy atom. The maximum atomic E-state index is 11.8. The van der Waals surface area contributed by atoms with E-state index in [0.29, 0.717) is 5.71 Å². The number of rotatable bonds is 2. The standard InChI is InChI=1S/C16H16N2O/c1-18(2)16(19)17-15(13-9-5-3-6-10-13)14-11-7-4-8-12-14/h3-12H,1-2H3. The molecule has 0 aliphatic carbocycles. The van der Waals surface area contributed by atoms with Crippen LogP contribution in [0.3, 0.4) is 0 Å². The van der Waals surface area contributed by atoms with Crippen LogP contribution >= 0.6 is 0 Å². The Balaban J connectivity index is 2.49. The number of hydrogen-bond acceptors (Lipinski definition) is 1. The Kier molecular flexibility index (Phi) is 4.08. The summed E-state index contributed by atoms with van der Waals surface area (Å²) in [5, 5.41) is 0. The van der Waals surface area contributed by atoms with Crippen molar-refractivity contribution in [3.8, 4) is 0 Å². The van der Waals surface area contributed by atoms with Crippen LogP contribution in [0.25, 0.3) is 0 Å². The number of nitrogens with zero attached hydrogens (tertiary/aromatic N) is 2. The van der Waals surface area contributed by atoms with Crippen LogP contribution in [0.2, 0.25) is 0 Å². The van der Waals surface area contributed by atoms with Crippen molar-refractivity contribution in [1.82, 2.24) is 4.90 Å². The topological polar surface area (TPSA) is 32.7 Å². The van der Waals surface area contributed by atoms with Crippen LogP contribution in [0.4, 0.5) is 4.79 Å². The van der Waals surface area contributed by atoms with E-state index in [9.17, 15) is 4.79 Å². The lowest BCUT2D eigenvalue weighted by molar-refractivity contribution is 0.227. The zero-order valence-electron chi connectivity index (χ0n) is 11.1. The SMILES string of the molecule is CN(C)C(=O)N=C(c1ccccc1)c1ccccc1. The first-order valence-corrected chi connectivity index (χ1v) is 6.09. The van der Waals surface area contributed by atoms with Crippen LogP contribution in [0.5, 0.6) is 0 Å². The van der Waals surface area contributed by atoms with Gasteiger partial charge in [0.05, 0.1) is 5.71 Å². The predicted octanol–water partition coefficient (Wildman–Crippen LogP) is 3.21. The molecule has 0 unspecified atom stereocenters. The normalized spacial score (nSPS) is 9.79. The van der Waals surface area contributed by atoms with Gasteiger partial charge in [-0.1, -0.05) is 60.7 Å². The summed E-state index contributed by atoms with van der Waals surface area (Å²) in [5.41, 5.74) is 2.56. The highest BCUT2D eigenvalue weighted by Crippen LogP contribution is 2.11. The quantitative estimate of drug-likeness (QED) is 0.755. The molecule has 19 heavy (non-hydrogen) atoms. The first-order valence-electron chi connectivity index (χ1n) is 6.09. The molecule has 0 aromatic heterocycles. The second-order valence-corrected chi connectivity index (χ2v) is 4.37. The molecule has 0 aliphatic rings. The van der Waals surface area contributed by atoms with Crippen LogP contribution in [0.1, 0.15) is 11.1 Å². The summed E-state index contributed by atoms with van der Waals surface area (Å²) < 4.78 is 0. The van der Waals surface area contributed by atoms with Gasteiger partial charge in [-0.25, -0.2) is 4.79 Å². The van der Waals surface area contributed by atoms with Gasteiger partial charge < -0.3 is 4.90 Å². The molecule has 0 bridgehead atoms. The molecule has 96 valence electrons. The van der Waals surface area contributed by atoms with Gasteiger partial charge in [-0.05, 0) is 0 Å². The highest BCUT2D eigenvalue weighted by atomic mass is 16.2. The molecule has 0 atom stereocenters. The summed E-state index contributed by atoms with van der Waals surface area (Å²) in [6.45, 7) is 0. The van der Waals surface area contributed by atoms with Crippen LogP contribution in [-0.4, -0.2) is 30.7 Å². The van der Waals surface area contributed by atoms with Crippen molar-refractivity contribution in [1.29, 1.82) is 0 Å². The van der Waals surface area contributed by atoms with Crippen molar-refractivity contribution in [2.24, 2.45) is 4.99 Å². The van der Waals surface area contributed by atoms with E-state index >= 15 is 0 Å².